The van der Waals surface area contributed by atoms with Crippen LogP contribution in [-0.4, -0.2) is 42.7 Å². The molecule has 0 saturated carbocycles. The molecule has 3 rings (SSSR count). The predicted molar refractivity (Wildman–Crippen MR) is 152 cm³/mol. The number of nitrogens with zero attached hydrogens (tertiary/aromatic N) is 1. The molecule has 3 aromatic rings. The average Bonchev–Trinajstić information content (AvgIpc) is 2.97. The van der Waals surface area contributed by atoms with Gasteiger partial charge in [0.2, 0.25) is 6.79 Å². The highest BCUT2D eigenvalue weighted by Crippen LogP contribution is 2.33. The molecular weight excluding hydrogens is 522 g/mol. The molecule has 0 spiro atoms. The van der Waals surface area contributed by atoms with Crippen LogP contribution in [0.25, 0.3) is 0 Å². The smallest absolute Gasteiger partial charge is 0.309 e. The van der Waals surface area contributed by atoms with Crippen molar-refractivity contribution in [3.8, 4) is 36.2 Å². The van der Waals surface area contributed by atoms with E-state index in [0.29, 0.717) is 0 Å². The topological polar surface area (TPSA) is 101 Å². The number of hydrogen-bond donors (Lipinski definition) is 0. The van der Waals surface area contributed by atoms with Crippen LogP contribution in [0.5, 0.6) is 11.5 Å². The summed E-state index contributed by atoms with van der Waals surface area (Å²) in [6.07, 6.45) is 11.6. The molecule has 0 unspecified atom stereocenters. The SMILES string of the molecule is C#Cc1ccc(C(c2ccc(C#C)cc2)[C@H](C)OC(=O)[C@H](C)CC(=O)c2nccc(OC)c2OCOC(C)=O)cc1. The number of benzene rings is 2. The van der Waals surface area contributed by atoms with Gasteiger partial charge in [-0.05, 0) is 42.3 Å². The van der Waals surface area contributed by atoms with Crippen molar-refractivity contribution in [2.45, 2.75) is 39.2 Å². The summed E-state index contributed by atoms with van der Waals surface area (Å²) in [6.45, 7) is 4.20. The lowest BCUT2D eigenvalue weighted by atomic mass is 9.86. The molecular formula is C33H31NO7. The molecule has 210 valence electrons. The third-order valence-corrected chi connectivity index (χ3v) is 6.36. The molecule has 0 fully saturated rings. The Morgan fingerprint density at radius 3 is 1.95 bits per heavy atom. The van der Waals surface area contributed by atoms with E-state index in [1.807, 2.05) is 48.5 Å². The summed E-state index contributed by atoms with van der Waals surface area (Å²) in [5.41, 5.74) is 3.21. The molecule has 0 aliphatic rings. The molecule has 2 aromatic carbocycles. The molecule has 2 atom stereocenters. The fraction of sp³-hybridized carbons (Fsp3) is 0.273. The highest BCUT2D eigenvalue weighted by molar-refractivity contribution is 5.99. The fourth-order valence-electron chi connectivity index (χ4n) is 4.23. The number of Topliss-reactive ketones (excluding diaryl/α,β-unsaturated/α-hetero) is 1. The number of pyridine rings is 1. The summed E-state index contributed by atoms with van der Waals surface area (Å²) in [5.74, 6) is 2.76. The molecule has 0 saturated heterocycles. The number of hydrogen-bond acceptors (Lipinski definition) is 8. The molecule has 0 N–H and O–H groups in total. The van der Waals surface area contributed by atoms with Gasteiger partial charge in [0, 0.05) is 42.7 Å². The van der Waals surface area contributed by atoms with E-state index < -0.39 is 36.5 Å². The fourth-order valence-corrected chi connectivity index (χ4v) is 4.23. The van der Waals surface area contributed by atoms with Gasteiger partial charge < -0.3 is 18.9 Å². The van der Waals surface area contributed by atoms with Crippen LogP contribution in [0.3, 0.4) is 0 Å². The summed E-state index contributed by atoms with van der Waals surface area (Å²) in [7, 11) is 1.40. The largest absolute Gasteiger partial charge is 0.493 e. The Labute approximate surface area is 240 Å². The molecule has 41 heavy (non-hydrogen) atoms. The molecule has 0 amide bonds. The first-order valence-electron chi connectivity index (χ1n) is 12.8. The van der Waals surface area contributed by atoms with Gasteiger partial charge in [-0.15, -0.1) is 12.8 Å². The third-order valence-electron chi connectivity index (χ3n) is 6.36. The zero-order valence-electron chi connectivity index (χ0n) is 23.4. The first-order valence-corrected chi connectivity index (χ1v) is 12.8. The summed E-state index contributed by atoms with van der Waals surface area (Å²) < 4.78 is 21.4. The van der Waals surface area contributed by atoms with Crippen LogP contribution < -0.4 is 9.47 Å². The number of methoxy groups -OCH3 is 1. The molecule has 0 radical (unpaired) electrons. The first kappa shape index (κ1) is 30.5. The van der Waals surface area contributed by atoms with Crippen LogP contribution in [0, 0.1) is 30.6 Å². The summed E-state index contributed by atoms with van der Waals surface area (Å²) in [6, 6.07) is 16.4. The standard InChI is InChI=1S/C33H31NO7/c1-7-24-9-13-26(14-10-24)30(27-15-11-25(8-2)12-16-27)22(4)41-33(37)21(3)19-28(36)31-32(40-20-39-23(5)35)29(38-6)17-18-34-31/h1-2,9-18,21-22,30H,19-20H2,3-6H3/t21-,22+/m1/s1. The van der Waals surface area contributed by atoms with Gasteiger partial charge >= 0.3 is 11.9 Å². The zero-order valence-corrected chi connectivity index (χ0v) is 23.4. The molecule has 8 nitrogen and oxygen atoms in total. The maximum atomic E-state index is 13.2. The molecule has 8 heteroatoms. The summed E-state index contributed by atoms with van der Waals surface area (Å²) in [4.78, 5) is 41.6. The second-order valence-electron chi connectivity index (χ2n) is 9.27. The van der Waals surface area contributed by atoms with Crippen molar-refractivity contribution in [2.24, 2.45) is 5.92 Å². The Balaban J connectivity index is 1.78. The maximum Gasteiger partial charge on any atom is 0.309 e. The van der Waals surface area contributed by atoms with E-state index >= 15 is 0 Å². The normalized spacial score (nSPS) is 11.9. The van der Waals surface area contributed by atoms with Gasteiger partial charge in [-0.25, -0.2) is 4.98 Å². The van der Waals surface area contributed by atoms with Crippen LogP contribution in [0.4, 0.5) is 0 Å². The first-order chi connectivity index (χ1) is 19.7. The number of carbonyl (C=O) groups is 3. The third kappa shape index (κ3) is 7.97. The maximum absolute atomic E-state index is 13.2. The van der Waals surface area contributed by atoms with Crippen LogP contribution in [-0.2, 0) is 19.1 Å². The number of ether oxygens (including phenoxy) is 4. The van der Waals surface area contributed by atoms with E-state index in [-0.39, 0.29) is 29.5 Å². The molecule has 1 aromatic heterocycles. The number of rotatable bonds is 12. The van der Waals surface area contributed by atoms with Gasteiger partial charge in [0.1, 0.15) is 6.10 Å². The van der Waals surface area contributed by atoms with E-state index in [4.69, 9.17) is 31.8 Å². The average molecular weight is 554 g/mol. The molecule has 0 aliphatic carbocycles. The highest BCUT2D eigenvalue weighted by Gasteiger charge is 2.29. The van der Waals surface area contributed by atoms with Gasteiger partial charge in [-0.3, -0.25) is 14.4 Å². The molecule has 0 bridgehead atoms. The highest BCUT2D eigenvalue weighted by atomic mass is 16.7. The number of terminal acetylenes is 2. The number of aromatic nitrogens is 1. The van der Waals surface area contributed by atoms with E-state index in [2.05, 4.69) is 16.8 Å². The summed E-state index contributed by atoms with van der Waals surface area (Å²) in [5, 5.41) is 0. The van der Waals surface area contributed by atoms with Crippen LogP contribution in [0.15, 0.2) is 60.8 Å². The Kier molecular flexibility index (Phi) is 10.7. The Morgan fingerprint density at radius 1 is 0.902 bits per heavy atom. The van der Waals surface area contributed by atoms with E-state index in [9.17, 15) is 14.4 Å². The van der Waals surface area contributed by atoms with Crippen LogP contribution in [0.1, 0.15) is 65.9 Å². The minimum atomic E-state index is -0.799. The van der Waals surface area contributed by atoms with Crippen LogP contribution >= 0.6 is 0 Å². The monoisotopic (exact) mass is 553 g/mol. The molecule has 1 heterocycles. The Bertz CT molecular complexity index is 1410. The lowest BCUT2D eigenvalue weighted by molar-refractivity contribution is -0.153. The number of ketones is 1. The number of esters is 2. The van der Waals surface area contributed by atoms with Crippen molar-refractivity contribution >= 4 is 17.7 Å². The van der Waals surface area contributed by atoms with E-state index in [1.54, 1.807) is 13.8 Å². The predicted octanol–water partition coefficient (Wildman–Crippen LogP) is 4.92. The Morgan fingerprint density at radius 2 is 1.46 bits per heavy atom. The van der Waals surface area contributed by atoms with Crippen LogP contribution in [0.2, 0.25) is 0 Å². The van der Waals surface area contributed by atoms with Crippen molar-refractivity contribution < 1.29 is 33.3 Å². The van der Waals surface area contributed by atoms with Gasteiger partial charge in [0.15, 0.2) is 23.0 Å². The van der Waals surface area contributed by atoms with Crippen molar-refractivity contribution in [3.05, 3.63) is 88.7 Å². The van der Waals surface area contributed by atoms with Crippen molar-refractivity contribution in [1.82, 2.24) is 4.98 Å². The Hall–Kier alpha value is -5.08. The van der Waals surface area contributed by atoms with Crippen molar-refractivity contribution in [3.63, 3.8) is 0 Å². The van der Waals surface area contributed by atoms with E-state index in [1.165, 1.54) is 26.3 Å². The van der Waals surface area contributed by atoms with Gasteiger partial charge in [-0.1, -0.05) is 43.0 Å². The lowest BCUT2D eigenvalue weighted by Gasteiger charge is -2.26. The number of carbonyl (C=O) groups excluding carboxylic acids is 3. The minimum absolute atomic E-state index is 0.0149. The van der Waals surface area contributed by atoms with Gasteiger partial charge in [-0.2, -0.15) is 0 Å². The zero-order chi connectivity index (χ0) is 29.9. The molecule has 0 aliphatic heterocycles. The van der Waals surface area contributed by atoms with Crippen molar-refractivity contribution in [1.29, 1.82) is 0 Å². The minimum Gasteiger partial charge on any atom is -0.493 e. The van der Waals surface area contributed by atoms with Gasteiger partial charge in [0.25, 0.3) is 0 Å². The van der Waals surface area contributed by atoms with Crippen molar-refractivity contribution in [2.75, 3.05) is 13.9 Å². The second kappa shape index (κ2) is 14.3. The summed E-state index contributed by atoms with van der Waals surface area (Å²) >= 11 is 0. The quantitative estimate of drug-likeness (QED) is 0.135. The lowest BCUT2D eigenvalue weighted by Crippen LogP contribution is -2.28. The second-order valence-corrected chi connectivity index (χ2v) is 9.27. The van der Waals surface area contributed by atoms with Gasteiger partial charge in [0.05, 0.1) is 13.0 Å². The van der Waals surface area contributed by atoms with E-state index in [0.717, 1.165) is 22.3 Å².